The first-order valence-corrected chi connectivity index (χ1v) is 13.2. The van der Waals surface area contributed by atoms with Crippen LogP contribution < -0.4 is 4.74 Å². The Labute approximate surface area is 192 Å². The third kappa shape index (κ3) is 8.76. The van der Waals surface area contributed by atoms with Crippen molar-refractivity contribution in [2.24, 2.45) is 23.7 Å². The van der Waals surface area contributed by atoms with Crippen molar-refractivity contribution in [3.05, 3.63) is 42.0 Å². The van der Waals surface area contributed by atoms with E-state index in [1.54, 1.807) is 0 Å². The highest BCUT2D eigenvalue weighted by atomic mass is 16.5. The quantitative estimate of drug-likeness (QED) is 0.363. The van der Waals surface area contributed by atoms with Crippen LogP contribution in [0.5, 0.6) is 5.75 Å². The first-order valence-electron chi connectivity index (χ1n) is 13.2. The van der Waals surface area contributed by atoms with Crippen molar-refractivity contribution in [3.63, 3.8) is 0 Å². The fourth-order valence-electron chi connectivity index (χ4n) is 5.55. The molecule has 0 N–H and O–H groups in total. The molecule has 1 nitrogen and oxygen atoms in total. The third-order valence-corrected chi connectivity index (χ3v) is 7.64. The molecule has 2 fully saturated rings. The SMILES string of the molecule is CCCC[C@H]1CC[C@H](CC[C@H]2CC[C@H](C=CC#Cc3ccc(OCC)cc3)CC2)CC1. The molecule has 0 radical (unpaired) electrons. The van der Waals surface area contributed by atoms with Crippen molar-refractivity contribution in [2.45, 2.75) is 97.3 Å². The minimum absolute atomic E-state index is 0.704. The van der Waals surface area contributed by atoms with Gasteiger partial charge in [-0.2, -0.15) is 0 Å². The molecule has 1 heteroatoms. The van der Waals surface area contributed by atoms with Crippen molar-refractivity contribution in [1.82, 2.24) is 0 Å². The first-order chi connectivity index (χ1) is 15.3. The molecule has 0 amide bonds. The lowest BCUT2D eigenvalue weighted by molar-refractivity contribution is 0.220. The van der Waals surface area contributed by atoms with E-state index in [1.165, 1.54) is 83.5 Å². The van der Waals surface area contributed by atoms with E-state index in [1.807, 2.05) is 31.2 Å². The van der Waals surface area contributed by atoms with E-state index in [2.05, 4.69) is 30.9 Å². The Morgan fingerprint density at radius 3 is 1.97 bits per heavy atom. The van der Waals surface area contributed by atoms with Crippen LogP contribution in [-0.4, -0.2) is 6.61 Å². The van der Waals surface area contributed by atoms with Crippen molar-refractivity contribution < 1.29 is 4.74 Å². The normalized spacial score (nSPS) is 26.4. The molecule has 0 spiro atoms. The molecule has 1 aromatic rings. The second kappa shape index (κ2) is 13.7. The number of hydrogen-bond donors (Lipinski definition) is 0. The van der Waals surface area contributed by atoms with E-state index in [0.717, 1.165) is 35.0 Å². The lowest BCUT2D eigenvalue weighted by atomic mass is 9.75. The third-order valence-electron chi connectivity index (χ3n) is 7.64. The predicted octanol–water partition coefficient (Wildman–Crippen LogP) is 8.58. The average Bonchev–Trinajstić information content (AvgIpc) is 2.82. The largest absolute Gasteiger partial charge is 0.494 e. The van der Waals surface area contributed by atoms with Gasteiger partial charge in [0.1, 0.15) is 5.75 Å². The number of ether oxygens (including phenoxy) is 1. The maximum atomic E-state index is 5.48. The molecule has 0 saturated heterocycles. The average molecular weight is 421 g/mol. The molecule has 31 heavy (non-hydrogen) atoms. The van der Waals surface area contributed by atoms with Gasteiger partial charge in [-0.05, 0) is 86.6 Å². The molecule has 0 unspecified atom stereocenters. The van der Waals surface area contributed by atoms with Crippen LogP contribution in [0.2, 0.25) is 0 Å². The summed E-state index contributed by atoms with van der Waals surface area (Å²) < 4.78 is 5.48. The minimum atomic E-state index is 0.704. The van der Waals surface area contributed by atoms with Gasteiger partial charge >= 0.3 is 0 Å². The van der Waals surface area contributed by atoms with Crippen molar-refractivity contribution in [3.8, 4) is 17.6 Å². The van der Waals surface area contributed by atoms with E-state index in [9.17, 15) is 0 Å². The van der Waals surface area contributed by atoms with Gasteiger partial charge in [-0.25, -0.2) is 0 Å². The summed E-state index contributed by atoms with van der Waals surface area (Å²) in [7, 11) is 0. The molecule has 3 rings (SSSR count). The Balaban J connectivity index is 1.29. The van der Waals surface area contributed by atoms with Crippen molar-refractivity contribution >= 4 is 0 Å². The van der Waals surface area contributed by atoms with Crippen LogP contribution in [0.25, 0.3) is 0 Å². The number of benzene rings is 1. The summed E-state index contributed by atoms with van der Waals surface area (Å²) in [5.41, 5.74) is 1.05. The highest BCUT2D eigenvalue weighted by molar-refractivity contribution is 5.40. The molecule has 0 bridgehead atoms. The maximum absolute atomic E-state index is 5.48. The molecular weight excluding hydrogens is 376 g/mol. The summed E-state index contributed by atoms with van der Waals surface area (Å²) >= 11 is 0. The van der Waals surface area contributed by atoms with Gasteiger partial charge in [0, 0.05) is 5.56 Å². The number of rotatable bonds is 9. The maximum Gasteiger partial charge on any atom is 0.119 e. The van der Waals surface area contributed by atoms with E-state index in [-0.39, 0.29) is 0 Å². The van der Waals surface area contributed by atoms with Crippen LogP contribution in [-0.2, 0) is 0 Å². The number of allylic oxidation sites excluding steroid dienone is 2. The van der Waals surface area contributed by atoms with Crippen molar-refractivity contribution in [1.29, 1.82) is 0 Å². The Kier molecular flexibility index (Phi) is 10.6. The Morgan fingerprint density at radius 1 is 0.806 bits per heavy atom. The Hall–Kier alpha value is -1.68. The van der Waals surface area contributed by atoms with E-state index in [4.69, 9.17) is 4.74 Å². The van der Waals surface area contributed by atoms with Gasteiger partial charge in [0.15, 0.2) is 0 Å². The highest BCUT2D eigenvalue weighted by Gasteiger charge is 2.23. The molecule has 2 aliphatic rings. The second-order valence-corrected chi connectivity index (χ2v) is 9.97. The molecule has 0 atom stereocenters. The predicted molar refractivity (Wildman–Crippen MR) is 133 cm³/mol. The zero-order valence-corrected chi connectivity index (χ0v) is 20.1. The minimum Gasteiger partial charge on any atom is -0.494 e. The van der Waals surface area contributed by atoms with Crippen LogP contribution in [0.4, 0.5) is 0 Å². The molecule has 2 saturated carbocycles. The molecule has 170 valence electrons. The van der Waals surface area contributed by atoms with E-state index >= 15 is 0 Å². The van der Waals surface area contributed by atoms with Crippen LogP contribution in [0.1, 0.15) is 103 Å². The van der Waals surface area contributed by atoms with Gasteiger partial charge in [-0.3, -0.25) is 0 Å². The summed E-state index contributed by atoms with van der Waals surface area (Å²) in [6.45, 7) is 5.04. The first kappa shape index (κ1) is 24.0. The van der Waals surface area contributed by atoms with Crippen LogP contribution >= 0.6 is 0 Å². The summed E-state index contributed by atoms with van der Waals surface area (Å²) in [6, 6.07) is 8.07. The molecule has 2 aliphatic carbocycles. The fraction of sp³-hybridized carbons (Fsp3) is 0.667. The van der Waals surface area contributed by atoms with Crippen LogP contribution in [0.15, 0.2) is 36.4 Å². The molecule has 1 aromatic carbocycles. The summed E-state index contributed by atoms with van der Waals surface area (Å²) in [4.78, 5) is 0. The zero-order chi connectivity index (χ0) is 21.7. The topological polar surface area (TPSA) is 9.23 Å². The van der Waals surface area contributed by atoms with Crippen LogP contribution in [0.3, 0.4) is 0 Å². The van der Waals surface area contributed by atoms with E-state index < -0.39 is 0 Å². The van der Waals surface area contributed by atoms with Gasteiger partial charge in [-0.1, -0.05) is 82.6 Å². The van der Waals surface area contributed by atoms with Crippen LogP contribution in [0, 0.1) is 35.5 Å². The number of hydrogen-bond acceptors (Lipinski definition) is 1. The fourth-order valence-corrected chi connectivity index (χ4v) is 5.55. The van der Waals surface area contributed by atoms with Gasteiger partial charge in [-0.15, -0.1) is 0 Å². The van der Waals surface area contributed by atoms with Gasteiger partial charge in [0.2, 0.25) is 0 Å². The zero-order valence-electron chi connectivity index (χ0n) is 20.1. The lowest BCUT2D eigenvalue weighted by Crippen LogP contribution is -2.17. The second-order valence-electron chi connectivity index (χ2n) is 9.97. The van der Waals surface area contributed by atoms with Gasteiger partial charge in [0.25, 0.3) is 0 Å². The summed E-state index contributed by atoms with van der Waals surface area (Å²) in [5.74, 6) is 11.2. The molecule has 0 aromatic heterocycles. The standard InChI is InChI=1S/C30H44O/c1-3-5-8-25-11-15-28(16-12-25)19-20-29-17-13-26(14-18-29)9-6-7-10-27-21-23-30(24-22-27)31-4-2/h6,9,21-26,28-29H,3-5,8,11-20H2,1-2H3/t25-,26-,28-,29-. The van der Waals surface area contributed by atoms with Gasteiger partial charge in [0.05, 0.1) is 6.61 Å². The highest BCUT2D eigenvalue weighted by Crippen LogP contribution is 2.37. The van der Waals surface area contributed by atoms with E-state index in [0.29, 0.717) is 6.61 Å². The molecular formula is C30H44O. The monoisotopic (exact) mass is 420 g/mol. The summed E-state index contributed by atoms with van der Waals surface area (Å²) in [6.07, 6.45) is 23.3. The Bertz CT molecular complexity index is 688. The smallest absolute Gasteiger partial charge is 0.119 e. The van der Waals surface area contributed by atoms with Crippen molar-refractivity contribution in [2.75, 3.05) is 6.61 Å². The number of unbranched alkanes of at least 4 members (excludes halogenated alkanes) is 1. The van der Waals surface area contributed by atoms with Gasteiger partial charge < -0.3 is 4.74 Å². The Morgan fingerprint density at radius 2 is 1.39 bits per heavy atom. The molecule has 0 aliphatic heterocycles. The molecule has 0 heterocycles. The summed E-state index contributed by atoms with van der Waals surface area (Å²) in [5, 5.41) is 0. The lowest BCUT2D eigenvalue weighted by Gasteiger charge is -2.31.